The fourth-order valence-electron chi connectivity index (χ4n) is 1.38. The minimum absolute atomic E-state index is 0. The minimum atomic E-state index is -1.57. The molecule has 0 bridgehead atoms. The summed E-state index contributed by atoms with van der Waals surface area (Å²) in [4.78, 5) is 0. The van der Waals surface area contributed by atoms with Gasteiger partial charge in [-0.1, -0.05) is 37.3 Å². The van der Waals surface area contributed by atoms with Gasteiger partial charge in [-0.05, 0) is 38.6 Å². The minimum Gasteiger partial charge on any atom is -1.00 e. The second kappa shape index (κ2) is 9.27. The van der Waals surface area contributed by atoms with Crippen molar-refractivity contribution in [3.8, 4) is 0 Å². The van der Waals surface area contributed by atoms with E-state index < -0.39 is 8.32 Å². The maximum absolute atomic E-state index is 6.09. The average Bonchev–Trinajstić information content (AvgIpc) is 2.15. The van der Waals surface area contributed by atoms with Crippen molar-refractivity contribution in [3.05, 3.63) is 48.9 Å². The molecule has 0 N–H and O–H groups in total. The molecule has 4 heteroatoms. The van der Waals surface area contributed by atoms with Gasteiger partial charge in [0.25, 0.3) is 0 Å². The van der Waals surface area contributed by atoms with Crippen LogP contribution in [0.25, 0.3) is 5.76 Å². The molecule has 1 aromatic rings. The van der Waals surface area contributed by atoms with Gasteiger partial charge in [-0.3, -0.25) is 0 Å². The molecule has 0 aliphatic carbocycles. The van der Waals surface area contributed by atoms with Gasteiger partial charge in [0, 0.05) is 25.0 Å². The van der Waals surface area contributed by atoms with Crippen molar-refractivity contribution in [2.45, 2.75) is 26.6 Å². The molecule has 1 aromatic carbocycles. The Morgan fingerprint density at radius 3 is 2.11 bits per heavy atom. The molecule has 0 amide bonds. The number of allylic oxidation sites excluding steroid dienone is 1. The number of hydrogen-bond acceptors (Lipinski definition) is 1. The van der Waals surface area contributed by atoms with Crippen LogP contribution in [0.5, 0.6) is 0 Å². The van der Waals surface area contributed by atoms with Gasteiger partial charge < -0.3 is 28.4 Å². The van der Waals surface area contributed by atoms with Crippen LogP contribution in [0.4, 0.5) is 0 Å². The number of halogens is 1. The fraction of sp³-hybridized carbons (Fsp3) is 0.357. The van der Waals surface area contributed by atoms with Crippen molar-refractivity contribution in [3.63, 3.8) is 0 Å². The van der Waals surface area contributed by atoms with E-state index >= 15 is 0 Å². The predicted molar refractivity (Wildman–Crippen MR) is 73.4 cm³/mol. The second-order valence-electron chi connectivity index (χ2n) is 5.09. The topological polar surface area (TPSA) is 9.23 Å². The first kappa shape index (κ1) is 20.6. The van der Waals surface area contributed by atoms with Gasteiger partial charge in [0.1, 0.15) is 5.76 Å². The standard InChI is InChI=1S/C14H21OSi.HI.Zn/c1-12(2)11-14(15-16(3,4)5)13-9-7-6-8-10-13;;/h6-12H,1H2,2-5H3;1H;/p-1/b14-11-;;. The summed E-state index contributed by atoms with van der Waals surface area (Å²) in [5, 5.41) is 0. The van der Waals surface area contributed by atoms with Crippen molar-refractivity contribution in [1.29, 1.82) is 0 Å². The molecule has 1 atom stereocenters. The van der Waals surface area contributed by atoms with E-state index in [9.17, 15) is 0 Å². The van der Waals surface area contributed by atoms with E-state index in [1.54, 1.807) is 0 Å². The summed E-state index contributed by atoms with van der Waals surface area (Å²) in [6.07, 6.45) is 2.09. The summed E-state index contributed by atoms with van der Waals surface area (Å²) in [6, 6.07) is 10.2. The largest absolute Gasteiger partial charge is 1.00 e. The molecular weight excluding hydrogens is 405 g/mol. The molecule has 0 spiro atoms. The first-order valence-corrected chi connectivity index (χ1v) is 9.08. The van der Waals surface area contributed by atoms with E-state index in [1.807, 2.05) is 18.2 Å². The zero-order valence-corrected chi connectivity index (χ0v) is 17.9. The smallest absolute Gasteiger partial charge is 0.242 e. The van der Waals surface area contributed by atoms with Crippen molar-refractivity contribution in [2.24, 2.45) is 5.92 Å². The maximum atomic E-state index is 6.09. The van der Waals surface area contributed by atoms with Gasteiger partial charge in [0.15, 0.2) is 0 Å². The third-order valence-corrected chi connectivity index (χ3v) is 2.74. The maximum Gasteiger partial charge on any atom is 0.242 e. The molecule has 0 saturated heterocycles. The van der Waals surface area contributed by atoms with Crippen LogP contribution in [0.3, 0.4) is 0 Å². The number of hydrogen-bond donors (Lipinski definition) is 0. The number of benzene rings is 1. The third-order valence-electron chi connectivity index (χ3n) is 1.91. The molecule has 1 rings (SSSR count). The third kappa shape index (κ3) is 8.44. The normalized spacial score (nSPS) is 11.6. The van der Waals surface area contributed by atoms with E-state index in [2.05, 4.69) is 51.7 Å². The van der Waals surface area contributed by atoms with Gasteiger partial charge >= 0.3 is 0 Å². The summed E-state index contributed by atoms with van der Waals surface area (Å²) in [5.74, 6) is 1.23. The molecule has 0 aliphatic heterocycles. The molecule has 1 unspecified atom stereocenters. The van der Waals surface area contributed by atoms with E-state index in [1.165, 1.54) is 0 Å². The summed E-state index contributed by atoms with van der Waals surface area (Å²) < 4.78 is 6.09. The van der Waals surface area contributed by atoms with Crippen LogP contribution in [0, 0.1) is 12.8 Å². The molecule has 0 heterocycles. The Morgan fingerprint density at radius 2 is 1.72 bits per heavy atom. The van der Waals surface area contributed by atoms with Crippen LogP contribution < -0.4 is 24.0 Å². The molecule has 0 aliphatic rings. The fourth-order valence-corrected chi connectivity index (χ4v) is 2.23. The van der Waals surface area contributed by atoms with Crippen LogP contribution in [0.2, 0.25) is 19.6 Å². The molecular formula is C14H21IOSiZn-. The molecule has 97 valence electrons. The molecule has 0 aromatic heterocycles. The molecule has 18 heavy (non-hydrogen) atoms. The second-order valence-corrected chi connectivity index (χ2v) is 9.52. The van der Waals surface area contributed by atoms with Gasteiger partial charge in [-0.2, -0.15) is 0 Å². The van der Waals surface area contributed by atoms with Crippen LogP contribution in [-0.4, -0.2) is 8.32 Å². The van der Waals surface area contributed by atoms with E-state index in [4.69, 9.17) is 4.43 Å². The Kier molecular flexibility index (Phi) is 10.6. The summed E-state index contributed by atoms with van der Waals surface area (Å²) in [5.41, 5.74) is 1.14. The molecule has 1 nitrogen and oxygen atoms in total. The summed E-state index contributed by atoms with van der Waals surface area (Å²) in [6.45, 7) is 12.6. The Bertz CT molecular complexity index is 358. The predicted octanol–water partition coefficient (Wildman–Crippen LogP) is 1.35. The quantitative estimate of drug-likeness (QED) is 0.402. The van der Waals surface area contributed by atoms with E-state index in [0.29, 0.717) is 0 Å². The van der Waals surface area contributed by atoms with Gasteiger partial charge in [0.05, 0.1) is 0 Å². The SMILES string of the molecule is [CH2]C(C)/C=C(\O[Si](C)(C)C)c1ccccc1.[I-].[Zn]. The van der Waals surface area contributed by atoms with Crippen LogP contribution in [0.15, 0.2) is 36.4 Å². The summed E-state index contributed by atoms with van der Waals surface area (Å²) >= 11 is 0. The molecule has 0 saturated carbocycles. The Hall–Kier alpha value is 0.330. The average molecular weight is 426 g/mol. The first-order chi connectivity index (χ1) is 7.38. The van der Waals surface area contributed by atoms with Gasteiger partial charge in [0.2, 0.25) is 8.32 Å². The summed E-state index contributed by atoms with van der Waals surface area (Å²) in [7, 11) is -1.57. The monoisotopic (exact) mass is 424 g/mol. The van der Waals surface area contributed by atoms with Crippen molar-refractivity contribution >= 4 is 14.1 Å². The zero-order valence-electron chi connectivity index (χ0n) is 11.7. The van der Waals surface area contributed by atoms with Crippen LogP contribution in [-0.2, 0) is 23.9 Å². The van der Waals surface area contributed by atoms with E-state index in [-0.39, 0.29) is 49.4 Å². The van der Waals surface area contributed by atoms with Crippen LogP contribution >= 0.6 is 0 Å². The van der Waals surface area contributed by atoms with E-state index in [0.717, 1.165) is 11.3 Å². The molecule has 0 fully saturated rings. The van der Waals surface area contributed by atoms with Crippen molar-refractivity contribution in [1.82, 2.24) is 0 Å². The number of rotatable bonds is 4. The first-order valence-electron chi connectivity index (χ1n) is 5.68. The van der Waals surface area contributed by atoms with Crippen LogP contribution in [0.1, 0.15) is 12.5 Å². The Morgan fingerprint density at radius 1 is 1.22 bits per heavy atom. The molecule has 1 radical (unpaired) electrons. The van der Waals surface area contributed by atoms with Gasteiger partial charge in [-0.15, -0.1) is 0 Å². The van der Waals surface area contributed by atoms with Crippen molar-refractivity contribution in [2.75, 3.05) is 0 Å². The zero-order chi connectivity index (χ0) is 12.2. The Balaban J connectivity index is 0. The Labute approximate surface area is 142 Å². The van der Waals surface area contributed by atoms with Crippen molar-refractivity contribution < 1.29 is 47.9 Å². The van der Waals surface area contributed by atoms with Gasteiger partial charge in [-0.25, -0.2) is 0 Å².